The van der Waals surface area contributed by atoms with Crippen LogP contribution < -0.4 is 0 Å². The highest BCUT2D eigenvalue weighted by Gasteiger charge is 2.00. The molecule has 22 heavy (non-hydrogen) atoms. The maximum absolute atomic E-state index is 11.0. The average molecular weight is 332 g/mol. The van der Waals surface area contributed by atoms with Gasteiger partial charge in [-0.1, -0.05) is 38.5 Å². The van der Waals surface area contributed by atoms with Crippen LogP contribution >= 0.6 is 12.0 Å². The second kappa shape index (κ2) is 14.4. The number of unbranched alkanes of at least 4 members (excludes halogenated alkanes) is 7. The molecule has 6 nitrogen and oxygen atoms in total. The lowest BCUT2D eigenvalue weighted by atomic mass is 10.1. The van der Waals surface area contributed by atoms with Gasteiger partial charge in [0.2, 0.25) is 0 Å². The minimum absolute atomic E-state index is 0.262. The summed E-state index contributed by atoms with van der Waals surface area (Å²) >= 11 is 1.04. The molecule has 0 radical (unpaired) electrons. The molecular weight excluding hydrogens is 308 g/mol. The van der Waals surface area contributed by atoms with Crippen molar-refractivity contribution < 1.29 is 28.8 Å². The summed E-state index contributed by atoms with van der Waals surface area (Å²) in [6, 6.07) is 0. The molecule has 0 spiro atoms. The Balaban J connectivity index is 3.22. The van der Waals surface area contributed by atoms with E-state index in [1.165, 1.54) is 0 Å². The Kier molecular flexibility index (Phi) is 13.5. The van der Waals surface area contributed by atoms with Crippen molar-refractivity contribution in [3.63, 3.8) is 0 Å². The first kappa shape index (κ1) is 20.5. The van der Waals surface area contributed by atoms with Crippen LogP contribution in [0.4, 0.5) is 0 Å². The maximum atomic E-state index is 11.0. The van der Waals surface area contributed by atoms with E-state index >= 15 is 0 Å². The first-order valence-electron chi connectivity index (χ1n) is 7.48. The van der Waals surface area contributed by atoms with Gasteiger partial charge in [-0.2, -0.15) is 0 Å². The molecule has 0 atom stereocenters. The summed E-state index contributed by atoms with van der Waals surface area (Å²) < 4.78 is 4.76. The number of hydrogen-bond acceptors (Lipinski definition) is 5. The van der Waals surface area contributed by atoms with Crippen LogP contribution in [-0.4, -0.2) is 33.9 Å². The fraction of sp³-hybridized carbons (Fsp3) is 0.667. The van der Waals surface area contributed by atoms with Crippen molar-refractivity contribution >= 4 is 30.0 Å². The summed E-state index contributed by atoms with van der Waals surface area (Å²) in [6.45, 7) is 0. The summed E-state index contributed by atoms with van der Waals surface area (Å²) in [7, 11) is 0. The van der Waals surface area contributed by atoms with Crippen LogP contribution in [0.2, 0.25) is 0 Å². The zero-order valence-electron chi connectivity index (χ0n) is 12.7. The van der Waals surface area contributed by atoms with Crippen molar-refractivity contribution in [1.29, 1.82) is 0 Å². The van der Waals surface area contributed by atoms with Crippen LogP contribution in [0.5, 0.6) is 0 Å². The van der Waals surface area contributed by atoms with Gasteiger partial charge in [0.1, 0.15) is 0 Å². The summed E-state index contributed by atoms with van der Waals surface area (Å²) in [5, 5.41) is 16.8. The summed E-state index contributed by atoms with van der Waals surface area (Å²) in [4.78, 5) is 31.5. The average Bonchev–Trinajstić information content (AvgIpc) is 2.45. The maximum Gasteiger partial charge on any atom is 0.343 e. The Hall–Kier alpha value is -1.50. The molecule has 0 heterocycles. The zero-order chi connectivity index (χ0) is 16.6. The predicted molar refractivity (Wildman–Crippen MR) is 84.5 cm³/mol. The van der Waals surface area contributed by atoms with Gasteiger partial charge >= 0.3 is 17.9 Å². The zero-order valence-corrected chi connectivity index (χ0v) is 13.5. The van der Waals surface area contributed by atoms with Crippen molar-refractivity contribution in [2.24, 2.45) is 0 Å². The van der Waals surface area contributed by atoms with Crippen LogP contribution in [0.15, 0.2) is 12.2 Å². The number of rotatable bonds is 14. The monoisotopic (exact) mass is 332 g/mol. The summed E-state index contributed by atoms with van der Waals surface area (Å²) in [5.74, 6) is -1.86. The highest BCUT2D eigenvalue weighted by molar-refractivity contribution is 7.95. The molecule has 0 aliphatic heterocycles. The molecule has 0 unspecified atom stereocenters. The van der Waals surface area contributed by atoms with E-state index in [-0.39, 0.29) is 6.42 Å². The van der Waals surface area contributed by atoms with Gasteiger partial charge in [-0.05, 0) is 12.8 Å². The number of carbonyl (C=O) groups excluding carboxylic acids is 1. The second-order valence-corrected chi connectivity index (χ2v) is 5.68. The van der Waals surface area contributed by atoms with Crippen molar-refractivity contribution in [3.8, 4) is 0 Å². The largest absolute Gasteiger partial charge is 0.481 e. The molecule has 0 bridgehead atoms. The lowest BCUT2D eigenvalue weighted by Gasteiger charge is -2.02. The normalized spacial score (nSPS) is 10.7. The van der Waals surface area contributed by atoms with Gasteiger partial charge in [0.25, 0.3) is 0 Å². The van der Waals surface area contributed by atoms with E-state index in [0.29, 0.717) is 5.75 Å². The number of carboxylic acids is 2. The SMILES string of the molecule is O=C(O)/C=C\C(=O)OSCCCCCCCCCCC(=O)O. The lowest BCUT2D eigenvalue weighted by Crippen LogP contribution is -1.97. The fourth-order valence-corrected chi connectivity index (χ4v) is 2.34. The van der Waals surface area contributed by atoms with Gasteiger partial charge < -0.3 is 14.4 Å². The molecule has 0 amide bonds. The summed E-state index contributed by atoms with van der Waals surface area (Å²) in [5.41, 5.74) is 0. The van der Waals surface area contributed by atoms with E-state index in [2.05, 4.69) is 0 Å². The molecule has 0 aromatic heterocycles. The van der Waals surface area contributed by atoms with Gasteiger partial charge in [0, 0.05) is 24.3 Å². The Morgan fingerprint density at radius 1 is 0.818 bits per heavy atom. The topological polar surface area (TPSA) is 101 Å². The van der Waals surface area contributed by atoms with Gasteiger partial charge in [-0.25, -0.2) is 9.59 Å². The molecule has 0 rings (SSSR count). The van der Waals surface area contributed by atoms with E-state index in [1.807, 2.05) is 0 Å². The molecule has 0 saturated carbocycles. The van der Waals surface area contributed by atoms with E-state index in [0.717, 1.165) is 75.6 Å². The third kappa shape index (κ3) is 16.6. The van der Waals surface area contributed by atoms with Gasteiger partial charge in [0.15, 0.2) is 0 Å². The van der Waals surface area contributed by atoms with Crippen LogP contribution in [0.3, 0.4) is 0 Å². The predicted octanol–water partition coefficient (Wildman–Crippen LogP) is 3.41. The van der Waals surface area contributed by atoms with Crippen LogP contribution in [0, 0.1) is 0 Å². The molecule has 0 aromatic rings. The van der Waals surface area contributed by atoms with Gasteiger partial charge in [0.05, 0.1) is 12.0 Å². The molecule has 0 saturated heterocycles. The Labute approximate surface area is 135 Å². The highest BCUT2D eigenvalue weighted by Crippen LogP contribution is 2.12. The minimum Gasteiger partial charge on any atom is -0.481 e. The van der Waals surface area contributed by atoms with Crippen molar-refractivity contribution in [2.75, 3.05) is 5.75 Å². The van der Waals surface area contributed by atoms with Gasteiger partial charge in [-0.15, -0.1) is 0 Å². The van der Waals surface area contributed by atoms with Crippen molar-refractivity contribution in [2.45, 2.75) is 57.8 Å². The molecule has 7 heteroatoms. The van der Waals surface area contributed by atoms with Crippen molar-refractivity contribution in [3.05, 3.63) is 12.2 Å². The second-order valence-electron chi connectivity index (χ2n) is 4.87. The van der Waals surface area contributed by atoms with E-state index in [1.54, 1.807) is 0 Å². The number of hydrogen-bond donors (Lipinski definition) is 2. The smallest absolute Gasteiger partial charge is 0.343 e. The van der Waals surface area contributed by atoms with E-state index in [9.17, 15) is 14.4 Å². The highest BCUT2D eigenvalue weighted by atomic mass is 32.2. The standard InChI is InChI=1S/C15H24O6S/c16-13(17)9-7-5-3-1-2-4-6-8-12-22-21-15(20)11-10-14(18)19/h10-11H,1-9,12H2,(H,16,17)(H,18,19)/b11-10-. The number of carboxylic acid groups (broad SMARTS) is 2. The molecule has 0 aliphatic rings. The third-order valence-corrected chi connectivity index (χ3v) is 3.61. The number of carbonyl (C=O) groups is 3. The Morgan fingerprint density at radius 2 is 1.36 bits per heavy atom. The van der Waals surface area contributed by atoms with Crippen LogP contribution in [0.1, 0.15) is 57.8 Å². The van der Waals surface area contributed by atoms with E-state index < -0.39 is 17.9 Å². The molecule has 2 N–H and O–H groups in total. The van der Waals surface area contributed by atoms with Gasteiger partial charge in [-0.3, -0.25) is 4.79 Å². The molecule has 0 aliphatic carbocycles. The molecular formula is C15H24O6S. The third-order valence-electron chi connectivity index (χ3n) is 2.87. The molecule has 0 aromatic carbocycles. The number of aliphatic carboxylic acids is 2. The fourth-order valence-electron chi connectivity index (χ4n) is 1.76. The Bertz CT molecular complexity index is 367. The quantitative estimate of drug-likeness (QED) is 0.285. The van der Waals surface area contributed by atoms with Crippen molar-refractivity contribution in [1.82, 2.24) is 0 Å². The van der Waals surface area contributed by atoms with E-state index in [4.69, 9.17) is 14.4 Å². The van der Waals surface area contributed by atoms with Crippen LogP contribution in [0.25, 0.3) is 0 Å². The molecule has 126 valence electrons. The first-order chi connectivity index (χ1) is 10.5. The first-order valence-corrected chi connectivity index (χ1v) is 8.39. The minimum atomic E-state index is -1.18. The summed E-state index contributed by atoms with van der Waals surface area (Å²) in [6.07, 6.45) is 10.1. The van der Waals surface area contributed by atoms with Crippen LogP contribution in [-0.2, 0) is 18.6 Å². The molecule has 0 fully saturated rings. The lowest BCUT2D eigenvalue weighted by molar-refractivity contribution is -0.137. The Morgan fingerprint density at radius 3 is 1.91 bits per heavy atom.